The zero-order chi connectivity index (χ0) is 18.0. The summed E-state index contributed by atoms with van der Waals surface area (Å²) in [6.07, 6.45) is 4.44. The number of ether oxygens (including phenoxy) is 1. The van der Waals surface area contributed by atoms with E-state index in [2.05, 4.69) is 6.92 Å². The number of carbonyl (C=O) groups excluding carboxylic acids is 2. The first-order valence-corrected chi connectivity index (χ1v) is 9.12. The second kappa shape index (κ2) is 7.30. The number of fused-ring (bicyclic) bond motifs is 1. The smallest absolute Gasteiger partial charge is 0.315 e. The maximum atomic E-state index is 13.0. The molecule has 2 aromatic heterocycles. The Hall–Kier alpha value is -2.30. The largest absolute Gasteiger partial charge is 0.462 e. The Kier molecular flexibility index (Phi) is 5.11. The van der Waals surface area contributed by atoms with E-state index in [4.69, 9.17) is 4.74 Å². The lowest BCUT2D eigenvalue weighted by Gasteiger charge is -2.25. The lowest BCUT2D eigenvalue weighted by atomic mass is 9.96. The molecule has 0 aromatic carbocycles. The summed E-state index contributed by atoms with van der Waals surface area (Å²) < 4.78 is 9.40. The predicted octanol–water partition coefficient (Wildman–Crippen LogP) is 3.76. The van der Waals surface area contributed by atoms with E-state index in [0.29, 0.717) is 11.4 Å². The summed E-state index contributed by atoms with van der Waals surface area (Å²) in [5.41, 5.74) is 2.26. The molecule has 0 saturated carbocycles. The highest BCUT2D eigenvalue weighted by atomic mass is 16.5. The van der Waals surface area contributed by atoms with Crippen LogP contribution in [0.25, 0.3) is 0 Å². The van der Waals surface area contributed by atoms with E-state index in [0.717, 1.165) is 38.0 Å². The Labute approximate surface area is 148 Å². The van der Waals surface area contributed by atoms with Gasteiger partial charge in [-0.2, -0.15) is 0 Å². The molecule has 3 heterocycles. The highest BCUT2D eigenvalue weighted by Gasteiger charge is 2.31. The summed E-state index contributed by atoms with van der Waals surface area (Å²) in [7, 11) is 0. The Bertz CT molecular complexity index is 770. The van der Waals surface area contributed by atoms with Crippen LogP contribution in [0.5, 0.6) is 0 Å². The number of hydrogen-bond donors (Lipinski definition) is 0. The van der Waals surface area contributed by atoms with Crippen LogP contribution in [-0.2, 0) is 22.6 Å². The van der Waals surface area contributed by atoms with Crippen molar-refractivity contribution in [1.82, 2.24) is 9.13 Å². The molecule has 1 atom stereocenters. The molecule has 3 rings (SSSR count). The zero-order valence-electron chi connectivity index (χ0n) is 15.2. The van der Waals surface area contributed by atoms with Crippen molar-refractivity contribution in [3.05, 3.63) is 47.5 Å². The number of aryl methyl sites for hydroxylation is 1. The molecule has 5 heteroatoms. The molecule has 1 aliphatic heterocycles. The molecule has 134 valence electrons. The molecule has 25 heavy (non-hydrogen) atoms. The molecule has 1 aliphatic rings. The summed E-state index contributed by atoms with van der Waals surface area (Å²) in [5.74, 6) is -0.454. The van der Waals surface area contributed by atoms with Gasteiger partial charge in [-0.3, -0.25) is 9.59 Å². The normalized spacial score (nSPS) is 16.7. The van der Waals surface area contributed by atoms with Crippen LogP contribution in [0.15, 0.2) is 30.5 Å². The van der Waals surface area contributed by atoms with Gasteiger partial charge in [-0.15, -0.1) is 0 Å². The maximum absolute atomic E-state index is 13.0. The van der Waals surface area contributed by atoms with Crippen LogP contribution in [0, 0.1) is 0 Å². The van der Waals surface area contributed by atoms with Gasteiger partial charge in [-0.05, 0) is 57.4 Å². The van der Waals surface area contributed by atoms with E-state index in [-0.39, 0.29) is 23.8 Å². The molecule has 0 N–H and O–H groups in total. The summed E-state index contributed by atoms with van der Waals surface area (Å²) in [6.45, 7) is 7.40. The Morgan fingerprint density at radius 1 is 1.24 bits per heavy atom. The van der Waals surface area contributed by atoms with Crippen molar-refractivity contribution in [2.75, 3.05) is 0 Å². The molecule has 0 aliphatic carbocycles. The summed E-state index contributed by atoms with van der Waals surface area (Å²) in [6, 6.07) is 7.53. The fourth-order valence-electron chi connectivity index (χ4n) is 3.58. The van der Waals surface area contributed by atoms with Crippen molar-refractivity contribution in [3.63, 3.8) is 0 Å². The molecular weight excluding hydrogens is 316 g/mol. The van der Waals surface area contributed by atoms with E-state index < -0.39 is 0 Å². The highest BCUT2D eigenvalue weighted by molar-refractivity contribution is 6.07. The summed E-state index contributed by atoms with van der Waals surface area (Å²) in [5, 5.41) is 0. The monoisotopic (exact) mass is 342 g/mol. The van der Waals surface area contributed by atoms with Gasteiger partial charge in [0.25, 0.3) is 0 Å². The number of hydrogen-bond acceptors (Lipinski definition) is 3. The van der Waals surface area contributed by atoms with Crippen LogP contribution in [0.3, 0.4) is 0 Å². The minimum absolute atomic E-state index is 0.0163. The fourth-order valence-corrected chi connectivity index (χ4v) is 3.58. The number of rotatable bonds is 6. The number of ketones is 1. The molecule has 5 nitrogen and oxygen atoms in total. The number of carbonyl (C=O) groups is 2. The van der Waals surface area contributed by atoms with Crippen LogP contribution in [0.4, 0.5) is 0 Å². The lowest BCUT2D eigenvalue weighted by Crippen LogP contribution is -2.27. The minimum atomic E-state index is -0.278. The summed E-state index contributed by atoms with van der Waals surface area (Å²) in [4.78, 5) is 25.4. The molecule has 0 saturated heterocycles. The van der Waals surface area contributed by atoms with E-state index in [1.807, 2.05) is 53.4 Å². The first kappa shape index (κ1) is 17.5. The second-order valence-electron chi connectivity index (χ2n) is 6.89. The summed E-state index contributed by atoms with van der Waals surface area (Å²) >= 11 is 0. The van der Waals surface area contributed by atoms with Gasteiger partial charge >= 0.3 is 5.97 Å². The van der Waals surface area contributed by atoms with Crippen LogP contribution in [0.2, 0.25) is 0 Å². The van der Waals surface area contributed by atoms with Crippen LogP contribution < -0.4 is 0 Å². The quantitative estimate of drug-likeness (QED) is 0.593. The average Bonchev–Trinajstić information content (AvgIpc) is 3.20. The van der Waals surface area contributed by atoms with Gasteiger partial charge in [0.05, 0.1) is 23.4 Å². The minimum Gasteiger partial charge on any atom is -0.462 e. The first-order valence-electron chi connectivity index (χ1n) is 9.12. The molecule has 0 fully saturated rings. The van der Waals surface area contributed by atoms with Crippen molar-refractivity contribution >= 4 is 11.8 Å². The Morgan fingerprint density at radius 3 is 2.76 bits per heavy atom. The molecule has 2 aromatic rings. The van der Waals surface area contributed by atoms with E-state index >= 15 is 0 Å². The van der Waals surface area contributed by atoms with Gasteiger partial charge < -0.3 is 13.9 Å². The number of aromatic nitrogens is 2. The maximum Gasteiger partial charge on any atom is 0.315 e. The van der Waals surface area contributed by atoms with Gasteiger partial charge in [0.15, 0.2) is 0 Å². The van der Waals surface area contributed by atoms with Crippen LogP contribution in [0.1, 0.15) is 67.8 Å². The molecule has 0 radical (unpaired) electrons. The molecule has 0 spiro atoms. The van der Waals surface area contributed by atoms with Gasteiger partial charge in [0.2, 0.25) is 5.78 Å². The predicted molar refractivity (Wildman–Crippen MR) is 95.8 cm³/mol. The van der Waals surface area contributed by atoms with Gasteiger partial charge in [-0.25, -0.2) is 0 Å². The van der Waals surface area contributed by atoms with E-state index in [9.17, 15) is 9.59 Å². The lowest BCUT2D eigenvalue weighted by molar-refractivity contribution is -0.149. The molecule has 1 unspecified atom stereocenters. The third-order valence-corrected chi connectivity index (χ3v) is 4.64. The van der Waals surface area contributed by atoms with Crippen molar-refractivity contribution in [2.24, 2.45) is 0 Å². The zero-order valence-corrected chi connectivity index (χ0v) is 15.2. The third kappa shape index (κ3) is 3.41. The van der Waals surface area contributed by atoms with Crippen LogP contribution >= 0.6 is 0 Å². The first-order chi connectivity index (χ1) is 12.0. The van der Waals surface area contributed by atoms with Gasteiger partial charge in [0, 0.05) is 25.0 Å². The average molecular weight is 342 g/mol. The number of nitrogens with zero attached hydrogens (tertiary/aromatic N) is 2. The fraction of sp³-hybridized carbons (Fsp3) is 0.500. The third-order valence-electron chi connectivity index (χ3n) is 4.64. The topological polar surface area (TPSA) is 53.2 Å². The SMILES string of the molecule is CCCn1cccc1C(=O)c1ccc2n1CCCC2C(=O)OC(C)C. The van der Waals surface area contributed by atoms with Crippen molar-refractivity contribution in [3.8, 4) is 0 Å². The Morgan fingerprint density at radius 2 is 2.04 bits per heavy atom. The van der Waals surface area contributed by atoms with E-state index in [1.54, 1.807) is 0 Å². The molecule has 0 amide bonds. The van der Waals surface area contributed by atoms with E-state index in [1.165, 1.54) is 0 Å². The highest BCUT2D eigenvalue weighted by Crippen LogP contribution is 2.31. The molecule has 0 bridgehead atoms. The van der Waals surface area contributed by atoms with Crippen molar-refractivity contribution in [2.45, 2.75) is 65.1 Å². The van der Waals surface area contributed by atoms with Crippen molar-refractivity contribution < 1.29 is 14.3 Å². The number of esters is 1. The standard InChI is InChI=1S/C20H26N2O3/c1-4-11-21-12-6-8-17(21)19(23)18-10-9-16-15(7-5-13-22(16)18)20(24)25-14(2)3/h6,8-10,12,14-15H,4-5,7,11,13H2,1-3H3. The molecular formula is C20H26N2O3. The van der Waals surface area contributed by atoms with Crippen molar-refractivity contribution in [1.29, 1.82) is 0 Å². The van der Waals surface area contributed by atoms with Crippen LogP contribution in [-0.4, -0.2) is 27.0 Å². The second-order valence-corrected chi connectivity index (χ2v) is 6.89. The van der Waals surface area contributed by atoms with Gasteiger partial charge in [-0.1, -0.05) is 6.92 Å². The Balaban J connectivity index is 1.90. The van der Waals surface area contributed by atoms with Gasteiger partial charge in [0.1, 0.15) is 0 Å².